The summed E-state index contributed by atoms with van der Waals surface area (Å²) in [4.78, 5) is 3.50. The molecule has 19 heavy (non-hydrogen) atoms. The molecule has 106 valence electrons. The second kappa shape index (κ2) is 9.96. The number of methoxy groups -OCH3 is 2. The van der Waals surface area contributed by atoms with Crippen molar-refractivity contribution in [2.24, 2.45) is 0 Å². The molecule has 1 rings (SSSR count). The molecule has 0 aliphatic rings. The molecule has 0 amide bonds. The fraction of sp³-hybridized carbons (Fsp3) is 0.571. The predicted octanol–water partition coefficient (Wildman–Crippen LogP) is 1.19. The van der Waals surface area contributed by atoms with Gasteiger partial charge < -0.3 is 14.6 Å². The second-order valence-electron chi connectivity index (χ2n) is 3.98. The van der Waals surface area contributed by atoms with Crippen LogP contribution >= 0.6 is 11.3 Å². The number of rotatable bonds is 8. The van der Waals surface area contributed by atoms with Crippen LogP contribution in [0.25, 0.3) is 0 Å². The first-order valence-corrected chi connectivity index (χ1v) is 7.06. The first-order chi connectivity index (χ1) is 9.31. The molecule has 0 fully saturated rings. The van der Waals surface area contributed by atoms with Crippen LogP contribution in [0.5, 0.6) is 0 Å². The highest BCUT2D eigenvalue weighted by atomic mass is 32.1. The molecule has 0 saturated carbocycles. The monoisotopic (exact) mass is 283 g/mol. The van der Waals surface area contributed by atoms with Crippen molar-refractivity contribution in [3.8, 4) is 11.8 Å². The number of ether oxygens (including phenoxy) is 2. The van der Waals surface area contributed by atoms with Gasteiger partial charge in [-0.2, -0.15) is 0 Å². The molecule has 0 aromatic carbocycles. The smallest absolute Gasteiger partial charge is 0.104 e. The Labute approximate surface area is 119 Å². The fourth-order valence-electron chi connectivity index (χ4n) is 1.62. The first-order valence-electron chi connectivity index (χ1n) is 6.18. The van der Waals surface area contributed by atoms with Crippen molar-refractivity contribution in [1.82, 2.24) is 4.90 Å². The van der Waals surface area contributed by atoms with Crippen molar-refractivity contribution in [3.63, 3.8) is 0 Å². The maximum absolute atomic E-state index is 8.76. The lowest BCUT2D eigenvalue weighted by atomic mass is 10.2. The van der Waals surface area contributed by atoms with Crippen molar-refractivity contribution >= 4 is 11.3 Å². The van der Waals surface area contributed by atoms with Crippen LogP contribution in [0.4, 0.5) is 0 Å². The average molecular weight is 283 g/mol. The zero-order valence-corrected chi connectivity index (χ0v) is 12.3. The van der Waals surface area contributed by atoms with Crippen LogP contribution in [0.1, 0.15) is 10.4 Å². The van der Waals surface area contributed by atoms with Crippen molar-refractivity contribution in [3.05, 3.63) is 21.9 Å². The maximum atomic E-state index is 8.76. The molecule has 0 unspecified atom stereocenters. The van der Waals surface area contributed by atoms with Crippen molar-refractivity contribution < 1.29 is 14.6 Å². The standard InChI is InChI=1S/C14H21NO3S/c1-17-9-6-15(7-10-18-2)12-14-13(4-3-8-16)5-11-19-14/h5,11,16H,6-10,12H2,1-2H3. The third kappa shape index (κ3) is 6.19. The number of aliphatic hydroxyl groups is 1. The highest BCUT2D eigenvalue weighted by Gasteiger charge is 2.09. The van der Waals surface area contributed by atoms with Gasteiger partial charge in [0.2, 0.25) is 0 Å². The van der Waals surface area contributed by atoms with Crippen molar-refractivity contribution in [1.29, 1.82) is 0 Å². The minimum atomic E-state index is -0.105. The van der Waals surface area contributed by atoms with Gasteiger partial charge in [-0.25, -0.2) is 0 Å². The van der Waals surface area contributed by atoms with Crippen molar-refractivity contribution in [2.45, 2.75) is 6.54 Å². The summed E-state index contributed by atoms with van der Waals surface area (Å²) in [5, 5.41) is 10.8. The summed E-state index contributed by atoms with van der Waals surface area (Å²) in [6.45, 7) is 3.86. The number of nitrogens with zero attached hydrogens (tertiary/aromatic N) is 1. The van der Waals surface area contributed by atoms with Crippen LogP contribution < -0.4 is 0 Å². The van der Waals surface area contributed by atoms with Crippen LogP contribution in [-0.4, -0.2) is 57.1 Å². The Morgan fingerprint density at radius 2 is 1.95 bits per heavy atom. The molecule has 0 saturated heterocycles. The van der Waals surface area contributed by atoms with Gasteiger partial charge in [-0.15, -0.1) is 11.3 Å². The van der Waals surface area contributed by atoms with E-state index in [9.17, 15) is 0 Å². The molecular formula is C14H21NO3S. The van der Waals surface area contributed by atoms with Crippen LogP contribution in [0, 0.1) is 11.8 Å². The molecule has 1 N–H and O–H groups in total. The Kier molecular flexibility index (Phi) is 8.47. The van der Waals surface area contributed by atoms with Crippen LogP contribution in [0.3, 0.4) is 0 Å². The van der Waals surface area contributed by atoms with E-state index in [0.717, 1.165) is 25.2 Å². The molecular weight excluding hydrogens is 262 g/mol. The normalized spacial score (nSPS) is 10.5. The highest BCUT2D eigenvalue weighted by Crippen LogP contribution is 2.18. The van der Waals surface area contributed by atoms with Gasteiger partial charge >= 0.3 is 0 Å². The van der Waals surface area contributed by atoms with E-state index in [-0.39, 0.29) is 6.61 Å². The van der Waals surface area contributed by atoms with Crippen molar-refractivity contribution in [2.75, 3.05) is 47.1 Å². The van der Waals surface area contributed by atoms with E-state index in [2.05, 4.69) is 16.7 Å². The molecule has 4 nitrogen and oxygen atoms in total. The summed E-state index contributed by atoms with van der Waals surface area (Å²) in [7, 11) is 3.41. The molecule has 5 heteroatoms. The highest BCUT2D eigenvalue weighted by molar-refractivity contribution is 7.10. The number of thiophene rings is 1. The lowest BCUT2D eigenvalue weighted by Crippen LogP contribution is -2.30. The van der Waals surface area contributed by atoms with E-state index >= 15 is 0 Å². The summed E-state index contributed by atoms with van der Waals surface area (Å²) in [5.74, 6) is 5.68. The van der Waals surface area contributed by atoms with Gasteiger partial charge in [0, 0.05) is 44.3 Å². The van der Waals surface area contributed by atoms with Crippen LogP contribution in [0.2, 0.25) is 0 Å². The zero-order chi connectivity index (χ0) is 13.9. The Bertz CT molecular complexity index is 400. The van der Waals surface area contributed by atoms with Crippen LogP contribution in [-0.2, 0) is 16.0 Å². The van der Waals surface area contributed by atoms with E-state index in [1.165, 1.54) is 4.88 Å². The molecule has 0 bridgehead atoms. The molecule has 0 aliphatic heterocycles. The minimum absolute atomic E-state index is 0.105. The van der Waals surface area contributed by atoms with Gasteiger partial charge in [-0.05, 0) is 11.4 Å². The molecule has 1 aromatic rings. The fourth-order valence-corrected chi connectivity index (χ4v) is 2.49. The minimum Gasteiger partial charge on any atom is -0.384 e. The van der Waals surface area contributed by atoms with Crippen LogP contribution in [0.15, 0.2) is 11.4 Å². The summed E-state index contributed by atoms with van der Waals surface area (Å²) < 4.78 is 10.3. The van der Waals surface area contributed by atoms with Gasteiger partial charge in [0.05, 0.1) is 13.2 Å². The third-order valence-corrected chi connectivity index (χ3v) is 3.54. The van der Waals surface area contributed by atoms with E-state index in [4.69, 9.17) is 14.6 Å². The topological polar surface area (TPSA) is 41.9 Å². The van der Waals surface area contributed by atoms with Gasteiger partial charge in [-0.1, -0.05) is 11.8 Å². The Hall–Kier alpha value is -0.900. The number of hydrogen-bond donors (Lipinski definition) is 1. The summed E-state index contributed by atoms with van der Waals surface area (Å²) in [6.07, 6.45) is 0. The summed E-state index contributed by atoms with van der Waals surface area (Å²) in [6, 6.07) is 1.99. The largest absolute Gasteiger partial charge is 0.384 e. The molecule has 1 heterocycles. The molecule has 1 aromatic heterocycles. The SMILES string of the molecule is COCCN(CCOC)Cc1sccc1C#CCO. The predicted molar refractivity (Wildman–Crippen MR) is 77.3 cm³/mol. The Morgan fingerprint density at radius 3 is 2.53 bits per heavy atom. The summed E-state index contributed by atoms with van der Waals surface area (Å²) >= 11 is 1.69. The third-order valence-electron chi connectivity index (χ3n) is 2.64. The van der Waals surface area contributed by atoms with E-state index in [0.29, 0.717) is 13.2 Å². The zero-order valence-electron chi connectivity index (χ0n) is 11.5. The molecule has 0 aliphatic carbocycles. The van der Waals surface area contributed by atoms with Gasteiger partial charge in [-0.3, -0.25) is 4.90 Å². The lowest BCUT2D eigenvalue weighted by molar-refractivity contribution is 0.111. The maximum Gasteiger partial charge on any atom is 0.104 e. The molecule has 0 atom stereocenters. The van der Waals surface area contributed by atoms with E-state index < -0.39 is 0 Å². The van der Waals surface area contributed by atoms with E-state index in [1.54, 1.807) is 25.6 Å². The lowest BCUT2D eigenvalue weighted by Gasteiger charge is -2.21. The average Bonchev–Trinajstić information content (AvgIpc) is 2.86. The quantitative estimate of drug-likeness (QED) is 0.728. The Balaban J connectivity index is 2.63. The number of hydrogen-bond acceptors (Lipinski definition) is 5. The second-order valence-corrected chi connectivity index (χ2v) is 4.98. The van der Waals surface area contributed by atoms with Gasteiger partial charge in [0.1, 0.15) is 6.61 Å². The molecule has 0 spiro atoms. The summed E-state index contributed by atoms with van der Waals surface area (Å²) in [5.41, 5.74) is 0.999. The Morgan fingerprint density at radius 1 is 1.26 bits per heavy atom. The molecule has 0 radical (unpaired) electrons. The van der Waals surface area contributed by atoms with Gasteiger partial charge in [0.25, 0.3) is 0 Å². The first kappa shape index (κ1) is 16.2. The van der Waals surface area contributed by atoms with E-state index in [1.807, 2.05) is 11.4 Å². The van der Waals surface area contributed by atoms with Gasteiger partial charge in [0.15, 0.2) is 0 Å². The number of aliphatic hydroxyl groups excluding tert-OH is 1.